The second-order valence-corrected chi connectivity index (χ2v) is 6.55. The summed E-state index contributed by atoms with van der Waals surface area (Å²) in [5, 5.41) is 9.11. The maximum Gasteiger partial charge on any atom is 0.306 e. The number of hydrogen-bond acceptors (Lipinski definition) is 2. The fourth-order valence-electron chi connectivity index (χ4n) is 3.45. The molecule has 2 aromatic carbocycles. The first-order valence-corrected chi connectivity index (χ1v) is 8.72. The molecule has 3 rings (SSSR count). The quantitative estimate of drug-likeness (QED) is 0.753. The third kappa shape index (κ3) is 4.38. The van der Waals surface area contributed by atoms with Crippen LogP contribution in [0.1, 0.15) is 42.7 Å². The standard InChI is InChI=1S/C21H24O3/c22-21(23)19-13-12-18(15-19)17-10-8-16(9-11-17)5-4-14-24-20-6-2-1-3-7-20/h1-3,6-11,18-19H,4-5,12-15H2,(H,22,23)/t18?,19-/m0/s1. The molecule has 0 aromatic heterocycles. The van der Waals surface area contributed by atoms with Crippen LogP contribution in [0.4, 0.5) is 0 Å². The first kappa shape index (κ1) is 16.6. The molecule has 0 bridgehead atoms. The molecule has 1 aliphatic rings. The number of carboxylic acids is 1. The van der Waals surface area contributed by atoms with Gasteiger partial charge in [0.15, 0.2) is 0 Å². The van der Waals surface area contributed by atoms with E-state index in [1.807, 2.05) is 30.3 Å². The number of aryl methyl sites for hydroxylation is 1. The highest BCUT2D eigenvalue weighted by Crippen LogP contribution is 2.38. The van der Waals surface area contributed by atoms with E-state index in [0.717, 1.165) is 37.9 Å². The molecule has 1 unspecified atom stereocenters. The Labute approximate surface area is 143 Å². The number of ether oxygens (including phenoxy) is 1. The van der Waals surface area contributed by atoms with Crippen molar-refractivity contribution in [2.24, 2.45) is 5.92 Å². The molecule has 0 radical (unpaired) electrons. The van der Waals surface area contributed by atoms with Crippen molar-refractivity contribution < 1.29 is 14.6 Å². The highest BCUT2D eigenvalue weighted by atomic mass is 16.5. The molecule has 24 heavy (non-hydrogen) atoms. The number of aliphatic carboxylic acids is 1. The van der Waals surface area contributed by atoms with E-state index >= 15 is 0 Å². The monoisotopic (exact) mass is 324 g/mol. The summed E-state index contributed by atoms with van der Waals surface area (Å²) in [6, 6.07) is 18.6. The summed E-state index contributed by atoms with van der Waals surface area (Å²) >= 11 is 0. The summed E-state index contributed by atoms with van der Waals surface area (Å²) in [4.78, 5) is 11.1. The van der Waals surface area contributed by atoms with Crippen molar-refractivity contribution in [2.45, 2.75) is 38.0 Å². The van der Waals surface area contributed by atoms with E-state index < -0.39 is 5.97 Å². The van der Waals surface area contributed by atoms with Gasteiger partial charge in [-0.25, -0.2) is 0 Å². The first-order valence-electron chi connectivity index (χ1n) is 8.72. The van der Waals surface area contributed by atoms with Crippen LogP contribution in [-0.2, 0) is 11.2 Å². The molecule has 0 amide bonds. The fraction of sp³-hybridized carbons (Fsp3) is 0.381. The van der Waals surface area contributed by atoms with Crippen molar-refractivity contribution in [3.63, 3.8) is 0 Å². The molecule has 1 aliphatic carbocycles. The number of benzene rings is 2. The van der Waals surface area contributed by atoms with Crippen LogP contribution in [0.2, 0.25) is 0 Å². The maximum absolute atomic E-state index is 11.1. The van der Waals surface area contributed by atoms with Gasteiger partial charge in [0.2, 0.25) is 0 Å². The number of para-hydroxylation sites is 1. The molecule has 1 N–H and O–H groups in total. The first-order chi connectivity index (χ1) is 11.7. The largest absolute Gasteiger partial charge is 0.494 e. The minimum absolute atomic E-state index is 0.162. The SMILES string of the molecule is O=C(O)[C@H]1CCC(c2ccc(CCCOc3ccccc3)cc2)C1. The minimum atomic E-state index is -0.646. The van der Waals surface area contributed by atoms with Crippen LogP contribution in [-0.4, -0.2) is 17.7 Å². The van der Waals surface area contributed by atoms with Crippen LogP contribution in [0.3, 0.4) is 0 Å². The van der Waals surface area contributed by atoms with E-state index in [1.54, 1.807) is 0 Å². The van der Waals surface area contributed by atoms with Gasteiger partial charge in [-0.1, -0.05) is 42.5 Å². The molecule has 0 saturated heterocycles. The molecule has 1 fully saturated rings. The molecule has 0 heterocycles. The molecule has 2 aromatic rings. The Morgan fingerprint density at radius 1 is 1.04 bits per heavy atom. The molecular formula is C21H24O3. The van der Waals surface area contributed by atoms with Crippen molar-refractivity contribution in [1.29, 1.82) is 0 Å². The van der Waals surface area contributed by atoms with Crippen molar-refractivity contribution in [3.05, 3.63) is 65.7 Å². The van der Waals surface area contributed by atoms with Gasteiger partial charge in [-0.15, -0.1) is 0 Å². The van der Waals surface area contributed by atoms with E-state index in [-0.39, 0.29) is 5.92 Å². The summed E-state index contributed by atoms with van der Waals surface area (Å²) in [5.74, 6) is 0.515. The van der Waals surface area contributed by atoms with Crippen molar-refractivity contribution in [1.82, 2.24) is 0 Å². The van der Waals surface area contributed by atoms with Crippen LogP contribution in [0.15, 0.2) is 54.6 Å². The third-order valence-electron chi connectivity index (χ3n) is 4.85. The Hall–Kier alpha value is -2.29. The lowest BCUT2D eigenvalue weighted by atomic mass is 9.95. The van der Waals surface area contributed by atoms with Crippen LogP contribution >= 0.6 is 0 Å². The van der Waals surface area contributed by atoms with E-state index in [1.165, 1.54) is 11.1 Å². The Balaban J connectivity index is 1.44. The zero-order valence-electron chi connectivity index (χ0n) is 13.9. The average Bonchev–Trinajstić information content (AvgIpc) is 3.11. The van der Waals surface area contributed by atoms with E-state index in [0.29, 0.717) is 12.5 Å². The Bertz CT molecular complexity index is 649. The zero-order chi connectivity index (χ0) is 16.8. The molecule has 3 nitrogen and oxygen atoms in total. The summed E-state index contributed by atoms with van der Waals surface area (Å²) in [7, 11) is 0. The molecule has 0 aliphatic heterocycles. The third-order valence-corrected chi connectivity index (χ3v) is 4.85. The van der Waals surface area contributed by atoms with E-state index in [4.69, 9.17) is 9.84 Å². The van der Waals surface area contributed by atoms with Gasteiger partial charge in [0.05, 0.1) is 12.5 Å². The smallest absolute Gasteiger partial charge is 0.306 e. The fourth-order valence-corrected chi connectivity index (χ4v) is 3.45. The Morgan fingerprint density at radius 3 is 2.46 bits per heavy atom. The van der Waals surface area contributed by atoms with Crippen molar-refractivity contribution in [2.75, 3.05) is 6.61 Å². The van der Waals surface area contributed by atoms with Gasteiger partial charge in [0.1, 0.15) is 5.75 Å². The predicted octanol–water partition coefficient (Wildman–Crippen LogP) is 4.67. The number of rotatable bonds is 7. The van der Waals surface area contributed by atoms with Gasteiger partial charge in [-0.2, -0.15) is 0 Å². The summed E-state index contributed by atoms with van der Waals surface area (Å²) in [6.45, 7) is 0.717. The lowest BCUT2D eigenvalue weighted by Gasteiger charge is -2.11. The summed E-state index contributed by atoms with van der Waals surface area (Å²) in [6.07, 6.45) is 4.55. The van der Waals surface area contributed by atoms with Crippen LogP contribution < -0.4 is 4.74 Å². The van der Waals surface area contributed by atoms with E-state index in [9.17, 15) is 4.79 Å². The van der Waals surface area contributed by atoms with Gasteiger partial charge >= 0.3 is 5.97 Å². The minimum Gasteiger partial charge on any atom is -0.494 e. The normalized spacial score (nSPS) is 20.0. The second kappa shape index (κ2) is 8.00. The predicted molar refractivity (Wildman–Crippen MR) is 94.4 cm³/mol. The molecule has 0 spiro atoms. The topological polar surface area (TPSA) is 46.5 Å². The average molecular weight is 324 g/mol. The number of carbonyl (C=O) groups is 1. The van der Waals surface area contributed by atoms with Crippen LogP contribution in [0.25, 0.3) is 0 Å². The van der Waals surface area contributed by atoms with Gasteiger partial charge in [0, 0.05) is 0 Å². The lowest BCUT2D eigenvalue weighted by molar-refractivity contribution is -0.141. The van der Waals surface area contributed by atoms with E-state index in [2.05, 4.69) is 24.3 Å². The maximum atomic E-state index is 11.1. The van der Waals surface area contributed by atoms with Gasteiger partial charge in [0.25, 0.3) is 0 Å². The Morgan fingerprint density at radius 2 is 1.79 bits per heavy atom. The summed E-state index contributed by atoms with van der Waals surface area (Å²) in [5.41, 5.74) is 2.59. The highest BCUT2D eigenvalue weighted by molar-refractivity contribution is 5.70. The molecule has 2 atom stereocenters. The van der Waals surface area contributed by atoms with Crippen molar-refractivity contribution in [3.8, 4) is 5.75 Å². The lowest BCUT2D eigenvalue weighted by Crippen LogP contribution is -2.09. The molecular weight excluding hydrogens is 300 g/mol. The second-order valence-electron chi connectivity index (χ2n) is 6.55. The Kier molecular flexibility index (Phi) is 5.52. The van der Waals surface area contributed by atoms with Gasteiger partial charge in [-0.05, 0) is 61.3 Å². The molecule has 1 saturated carbocycles. The zero-order valence-corrected chi connectivity index (χ0v) is 13.9. The van der Waals surface area contributed by atoms with Crippen molar-refractivity contribution >= 4 is 5.97 Å². The van der Waals surface area contributed by atoms with Gasteiger partial charge in [-0.3, -0.25) is 4.79 Å². The summed E-state index contributed by atoms with van der Waals surface area (Å²) < 4.78 is 5.71. The van der Waals surface area contributed by atoms with Crippen LogP contribution in [0, 0.1) is 5.92 Å². The number of carboxylic acid groups (broad SMARTS) is 1. The van der Waals surface area contributed by atoms with Gasteiger partial charge < -0.3 is 9.84 Å². The number of hydrogen-bond donors (Lipinski definition) is 1. The molecule has 3 heteroatoms. The molecule has 126 valence electrons. The van der Waals surface area contributed by atoms with Crippen LogP contribution in [0.5, 0.6) is 5.75 Å². The highest BCUT2D eigenvalue weighted by Gasteiger charge is 2.30.